The number of rotatable bonds is 7. The van der Waals surface area contributed by atoms with Gasteiger partial charge in [-0.2, -0.15) is 0 Å². The van der Waals surface area contributed by atoms with E-state index in [1.165, 1.54) is 0 Å². The van der Waals surface area contributed by atoms with Crippen molar-refractivity contribution >= 4 is 27.9 Å². The quantitative estimate of drug-likeness (QED) is 0.348. The molecular weight excluding hydrogens is 494 g/mol. The molecule has 1 saturated heterocycles. The molecule has 1 aromatic carbocycles. The van der Waals surface area contributed by atoms with Crippen LogP contribution in [0.3, 0.4) is 0 Å². The number of aromatic nitrogens is 4. The number of nitrogens with zero attached hydrogens (tertiary/aromatic N) is 5. The highest BCUT2D eigenvalue weighted by molar-refractivity contribution is 5.85. The molecule has 0 aliphatic carbocycles. The maximum absolute atomic E-state index is 14.0. The first-order valence-electron chi connectivity index (χ1n) is 13.8. The van der Waals surface area contributed by atoms with Gasteiger partial charge in [-0.3, -0.25) is 19.1 Å². The van der Waals surface area contributed by atoms with Gasteiger partial charge in [0.25, 0.3) is 0 Å². The van der Waals surface area contributed by atoms with Crippen molar-refractivity contribution in [3.05, 3.63) is 70.7 Å². The van der Waals surface area contributed by atoms with Crippen LogP contribution in [0.1, 0.15) is 63.8 Å². The predicted octanol–water partition coefficient (Wildman–Crippen LogP) is 4.68. The minimum absolute atomic E-state index is 0.0316. The fraction of sp³-hybridized carbons (Fsp3) is 0.467. The lowest BCUT2D eigenvalue weighted by molar-refractivity contribution is 0.0188. The average molecular weight is 532 g/mol. The Labute approximate surface area is 228 Å². The van der Waals surface area contributed by atoms with E-state index in [4.69, 9.17) is 9.72 Å². The molecule has 3 aromatic heterocycles. The number of carbonyl (C=O) groups excluding carboxylic acids is 1. The third-order valence-corrected chi connectivity index (χ3v) is 7.38. The maximum atomic E-state index is 14.0. The summed E-state index contributed by atoms with van der Waals surface area (Å²) in [7, 11) is 0. The second kappa shape index (κ2) is 11.2. The number of hydrogen-bond acceptors (Lipinski definition) is 6. The second-order valence-electron chi connectivity index (χ2n) is 11.3. The zero-order valence-corrected chi connectivity index (χ0v) is 23.0. The van der Waals surface area contributed by atoms with Gasteiger partial charge in [0, 0.05) is 43.5 Å². The molecule has 1 fully saturated rings. The normalized spacial score (nSPS) is 14.8. The summed E-state index contributed by atoms with van der Waals surface area (Å²) < 4.78 is 9.19. The number of amides is 1. The topological polar surface area (TPSA) is 102 Å². The average Bonchev–Trinajstić information content (AvgIpc) is 3.19. The van der Waals surface area contributed by atoms with E-state index in [-0.39, 0.29) is 24.4 Å². The molecule has 4 aromatic rings. The van der Waals surface area contributed by atoms with Gasteiger partial charge in [0.2, 0.25) is 0 Å². The number of piperidine rings is 1. The summed E-state index contributed by atoms with van der Waals surface area (Å²) in [4.78, 5) is 37.4. The number of aliphatic hydroxyl groups excluding tert-OH is 1. The van der Waals surface area contributed by atoms with Crippen molar-refractivity contribution in [2.75, 3.05) is 19.7 Å². The lowest BCUT2D eigenvalue weighted by atomic mass is 9.99. The number of likely N-dealkylation sites (tertiary alicyclic amines) is 1. The molecule has 0 spiro atoms. The van der Waals surface area contributed by atoms with Crippen molar-refractivity contribution in [1.82, 2.24) is 24.0 Å². The predicted molar refractivity (Wildman–Crippen MR) is 151 cm³/mol. The molecule has 1 amide bonds. The van der Waals surface area contributed by atoms with E-state index in [9.17, 15) is 14.7 Å². The summed E-state index contributed by atoms with van der Waals surface area (Å²) in [5.41, 5.74) is 2.95. The van der Waals surface area contributed by atoms with Gasteiger partial charge in [0.15, 0.2) is 0 Å². The monoisotopic (exact) mass is 531 g/mol. The molecule has 0 saturated carbocycles. The first-order valence-corrected chi connectivity index (χ1v) is 13.8. The van der Waals surface area contributed by atoms with E-state index < -0.39 is 5.60 Å². The number of benzene rings is 1. The number of ether oxygens (including phenoxy) is 1. The van der Waals surface area contributed by atoms with Crippen molar-refractivity contribution in [1.29, 1.82) is 0 Å². The number of pyridine rings is 2. The molecule has 0 bridgehead atoms. The lowest BCUT2D eigenvalue weighted by Gasteiger charge is -2.33. The van der Waals surface area contributed by atoms with Crippen molar-refractivity contribution in [2.45, 2.75) is 71.1 Å². The van der Waals surface area contributed by atoms with E-state index in [1.54, 1.807) is 21.9 Å². The summed E-state index contributed by atoms with van der Waals surface area (Å²) >= 11 is 0. The van der Waals surface area contributed by atoms with Crippen LogP contribution < -0.4 is 5.69 Å². The molecular formula is C30H37N5O4. The molecule has 0 radical (unpaired) electrons. The van der Waals surface area contributed by atoms with Gasteiger partial charge >= 0.3 is 11.8 Å². The Balaban J connectivity index is 1.47. The molecule has 0 unspecified atom stereocenters. The fourth-order valence-corrected chi connectivity index (χ4v) is 5.51. The van der Waals surface area contributed by atoms with Gasteiger partial charge < -0.3 is 14.7 Å². The number of hydrogen-bond donors (Lipinski definition) is 1. The molecule has 4 heterocycles. The minimum atomic E-state index is -0.543. The molecule has 5 rings (SSSR count). The Hall–Kier alpha value is -3.72. The summed E-state index contributed by atoms with van der Waals surface area (Å²) in [5, 5.41) is 11.5. The zero-order valence-electron chi connectivity index (χ0n) is 23.0. The highest BCUT2D eigenvalue weighted by Gasteiger charge is 2.30. The van der Waals surface area contributed by atoms with Crippen LogP contribution in [-0.2, 0) is 17.7 Å². The van der Waals surface area contributed by atoms with Crippen molar-refractivity contribution in [3.8, 4) is 0 Å². The van der Waals surface area contributed by atoms with Gasteiger partial charge in [0.1, 0.15) is 5.60 Å². The number of unbranched alkanes of at least 4 members (excludes halogenated alkanes) is 1. The Bertz CT molecular complexity index is 1530. The number of imidazole rings is 1. The number of aryl methyl sites for hydroxylation is 1. The van der Waals surface area contributed by atoms with Gasteiger partial charge in [-0.1, -0.05) is 24.3 Å². The van der Waals surface area contributed by atoms with Crippen LogP contribution >= 0.6 is 0 Å². The summed E-state index contributed by atoms with van der Waals surface area (Å²) in [6, 6.07) is 10.0. The van der Waals surface area contributed by atoms with E-state index >= 15 is 0 Å². The van der Waals surface area contributed by atoms with Crippen LogP contribution in [0.4, 0.5) is 4.79 Å². The van der Waals surface area contributed by atoms with Crippen LogP contribution in [0.25, 0.3) is 21.8 Å². The Morgan fingerprint density at radius 2 is 1.85 bits per heavy atom. The Kier molecular flexibility index (Phi) is 7.70. The standard InChI is InChI=1S/C30H37N5O4/c1-30(2,3)39-29(38)33-15-12-22(13-16-33)35-26-11-14-31-19-27(26)34(28(35)37)20-25-24(10-6-7-17-36)23-9-5-4-8-21(23)18-32-25/h4-5,8-9,11,14,18-19,22,36H,6-7,10,12-13,15-17,20H2,1-3H3. The molecule has 9 nitrogen and oxygen atoms in total. The van der Waals surface area contributed by atoms with Crippen molar-refractivity contribution < 1.29 is 14.6 Å². The SMILES string of the molecule is CC(C)(C)OC(=O)N1CCC(n2c(=O)n(Cc3ncc4ccccc4c3CCCCO)c3cnccc32)CC1. The number of carbonyl (C=O) groups is 1. The third kappa shape index (κ3) is 5.68. The van der Waals surface area contributed by atoms with Gasteiger partial charge in [-0.15, -0.1) is 0 Å². The molecule has 0 atom stereocenters. The number of aliphatic hydroxyl groups is 1. The molecule has 206 valence electrons. The van der Waals surface area contributed by atoms with Gasteiger partial charge in [-0.25, -0.2) is 9.59 Å². The third-order valence-electron chi connectivity index (χ3n) is 7.38. The number of fused-ring (bicyclic) bond motifs is 2. The first kappa shape index (κ1) is 26.9. The first-order chi connectivity index (χ1) is 18.8. The summed E-state index contributed by atoms with van der Waals surface area (Å²) in [6.07, 6.45) is 8.69. The fourth-order valence-electron chi connectivity index (χ4n) is 5.51. The molecule has 1 aliphatic rings. The summed E-state index contributed by atoms with van der Waals surface area (Å²) in [6.45, 7) is 7.15. The van der Waals surface area contributed by atoms with Gasteiger partial charge in [0.05, 0.1) is 29.5 Å². The highest BCUT2D eigenvalue weighted by Crippen LogP contribution is 2.28. The zero-order chi connectivity index (χ0) is 27.6. The van der Waals surface area contributed by atoms with E-state index in [0.717, 1.165) is 45.9 Å². The van der Waals surface area contributed by atoms with Crippen LogP contribution in [0.2, 0.25) is 0 Å². The van der Waals surface area contributed by atoms with Crippen molar-refractivity contribution in [2.24, 2.45) is 0 Å². The Morgan fingerprint density at radius 1 is 1.08 bits per heavy atom. The second-order valence-corrected chi connectivity index (χ2v) is 11.3. The van der Waals surface area contributed by atoms with E-state index in [0.29, 0.717) is 38.9 Å². The van der Waals surface area contributed by atoms with Crippen molar-refractivity contribution in [3.63, 3.8) is 0 Å². The molecule has 1 aliphatic heterocycles. The van der Waals surface area contributed by atoms with Crippen LogP contribution in [0.15, 0.2) is 53.7 Å². The lowest BCUT2D eigenvalue weighted by Crippen LogP contribution is -2.43. The maximum Gasteiger partial charge on any atom is 0.410 e. The van der Waals surface area contributed by atoms with E-state index in [1.807, 2.05) is 55.8 Å². The van der Waals surface area contributed by atoms with Crippen LogP contribution in [0.5, 0.6) is 0 Å². The van der Waals surface area contributed by atoms with Crippen LogP contribution in [0, 0.1) is 0 Å². The molecule has 39 heavy (non-hydrogen) atoms. The van der Waals surface area contributed by atoms with E-state index in [2.05, 4.69) is 11.1 Å². The smallest absolute Gasteiger partial charge is 0.410 e. The highest BCUT2D eigenvalue weighted by atomic mass is 16.6. The summed E-state index contributed by atoms with van der Waals surface area (Å²) in [5.74, 6) is 0. The molecule has 1 N–H and O–H groups in total. The molecule has 9 heteroatoms. The Morgan fingerprint density at radius 3 is 2.59 bits per heavy atom. The van der Waals surface area contributed by atoms with Crippen LogP contribution in [-0.4, -0.2) is 60.5 Å². The van der Waals surface area contributed by atoms with Gasteiger partial charge in [-0.05, 0) is 69.9 Å². The minimum Gasteiger partial charge on any atom is -0.444 e. The largest absolute Gasteiger partial charge is 0.444 e.